The van der Waals surface area contributed by atoms with Gasteiger partial charge in [0.2, 0.25) is 0 Å². The monoisotopic (exact) mass is 368 g/mol. The summed E-state index contributed by atoms with van der Waals surface area (Å²) in [6, 6.07) is 16.9. The quantitative estimate of drug-likeness (QED) is 0.732. The zero-order valence-electron chi connectivity index (χ0n) is 15.5. The van der Waals surface area contributed by atoms with Crippen molar-refractivity contribution in [2.24, 2.45) is 0 Å². The van der Waals surface area contributed by atoms with Gasteiger partial charge < -0.3 is 14.4 Å². The number of nitrogens with zero attached hydrogens (tertiary/aromatic N) is 2. The molecule has 0 N–H and O–H groups in total. The zero-order valence-corrected chi connectivity index (χ0v) is 15.5. The van der Waals surface area contributed by atoms with Gasteiger partial charge in [-0.15, -0.1) is 0 Å². The molecule has 0 aromatic heterocycles. The van der Waals surface area contributed by atoms with Crippen molar-refractivity contribution in [2.45, 2.75) is 6.54 Å². The molecular weight excluding hydrogens is 344 g/mol. The molecule has 1 amide bonds. The lowest BCUT2D eigenvalue weighted by molar-refractivity contribution is -0.135. The summed E-state index contributed by atoms with van der Waals surface area (Å²) >= 11 is 0. The lowest BCUT2D eigenvalue weighted by Gasteiger charge is -2.34. The normalized spacial score (nSPS) is 14.6. The van der Waals surface area contributed by atoms with Crippen LogP contribution in [0.2, 0.25) is 0 Å². The Morgan fingerprint density at radius 2 is 1.59 bits per heavy atom. The molecule has 0 saturated carbocycles. The van der Waals surface area contributed by atoms with Crippen molar-refractivity contribution in [3.8, 4) is 5.75 Å². The molecule has 1 aliphatic rings. The molecule has 2 aromatic rings. The van der Waals surface area contributed by atoms with Gasteiger partial charge >= 0.3 is 5.97 Å². The number of carbonyl (C=O) groups excluding carboxylic acids is 2. The van der Waals surface area contributed by atoms with Gasteiger partial charge in [0, 0.05) is 32.7 Å². The Hall–Kier alpha value is -2.86. The SMILES string of the molecule is COC(=O)c1ccc(OCC(=O)N2CCN(Cc3ccccc3)CC2)cc1. The summed E-state index contributed by atoms with van der Waals surface area (Å²) in [6.07, 6.45) is 0. The maximum absolute atomic E-state index is 12.4. The van der Waals surface area contributed by atoms with Crippen LogP contribution in [0.1, 0.15) is 15.9 Å². The van der Waals surface area contributed by atoms with Crippen LogP contribution in [0.4, 0.5) is 0 Å². The second-order valence-electron chi connectivity index (χ2n) is 6.45. The molecule has 3 rings (SSSR count). The summed E-state index contributed by atoms with van der Waals surface area (Å²) in [6.45, 7) is 4.03. The predicted molar refractivity (Wildman–Crippen MR) is 102 cm³/mol. The molecule has 0 atom stereocenters. The number of methoxy groups -OCH3 is 1. The van der Waals surface area contributed by atoms with E-state index in [0.29, 0.717) is 24.4 Å². The van der Waals surface area contributed by atoms with E-state index in [1.165, 1.54) is 12.7 Å². The third-order valence-corrected chi connectivity index (χ3v) is 4.61. The van der Waals surface area contributed by atoms with E-state index in [1.54, 1.807) is 24.3 Å². The van der Waals surface area contributed by atoms with Crippen molar-refractivity contribution >= 4 is 11.9 Å². The number of hydrogen-bond acceptors (Lipinski definition) is 5. The van der Waals surface area contributed by atoms with Gasteiger partial charge in [0.1, 0.15) is 5.75 Å². The summed E-state index contributed by atoms with van der Waals surface area (Å²) in [5.41, 5.74) is 1.74. The highest BCUT2D eigenvalue weighted by Crippen LogP contribution is 2.14. The average Bonchev–Trinajstić information content (AvgIpc) is 2.73. The number of ether oxygens (including phenoxy) is 2. The van der Waals surface area contributed by atoms with E-state index in [4.69, 9.17) is 4.74 Å². The highest BCUT2D eigenvalue weighted by molar-refractivity contribution is 5.89. The topological polar surface area (TPSA) is 59.1 Å². The maximum atomic E-state index is 12.4. The van der Waals surface area contributed by atoms with Gasteiger partial charge in [-0.2, -0.15) is 0 Å². The van der Waals surface area contributed by atoms with Crippen molar-refractivity contribution in [1.29, 1.82) is 0 Å². The molecule has 0 unspecified atom stereocenters. The number of hydrogen-bond donors (Lipinski definition) is 0. The van der Waals surface area contributed by atoms with Gasteiger partial charge in [0.25, 0.3) is 5.91 Å². The second-order valence-corrected chi connectivity index (χ2v) is 6.45. The third kappa shape index (κ3) is 5.31. The van der Waals surface area contributed by atoms with Gasteiger partial charge in [0.05, 0.1) is 12.7 Å². The van der Waals surface area contributed by atoms with Crippen molar-refractivity contribution in [3.63, 3.8) is 0 Å². The van der Waals surface area contributed by atoms with Crippen LogP contribution in [0.25, 0.3) is 0 Å². The van der Waals surface area contributed by atoms with Gasteiger partial charge in [-0.1, -0.05) is 30.3 Å². The molecule has 6 nitrogen and oxygen atoms in total. The Balaban J connectivity index is 1.42. The first-order chi connectivity index (χ1) is 13.2. The van der Waals surface area contributed by atoms with Crippen LogP contribution < -0.4 is 4.74 Å². The van der Waals surface area contributed by atoms with Crippen LogP contribution in [0.3, 0.4) is 0 Å². The number of benzene rings is 2. The van der Waals surface area contributed by atoms with E-state index in [9.17, 15) is 9.59 Å². The number of amides is 1. The third-order valence-electron chi connectivity index (χ3n) is 4.61. The Morgan fingerprint density at radius 1 is 0.926 bits per heavy atom. The van der Waals surface area contributed by atoms with Gasteiger partial charge in [-0.05, 0) is 29.8 Å². The summed E-state index contributed by atoms with van der Waals surface area (Å²) in [5.74, 6) is 0.135. The second kappa shape index (κ2) is 9.19. The number of piperazine rings is 1. The highest BCUT2D eigenvalue weighted by atomic mass is 16.5. The van der Waals surface area contributed by atoms with Gasteiger partial charge in [-0.25, -0.2) is 4.79 Å². The fourth-order valence-electron chi connectivity index (χ4n) is 3.04. The van der Waals surface area contributed by atoms with Gasteiger partial charge in [0.15, 0.2) is 6.61 Å². The molecule has 0 aliphatic carbocycles. The largest absolute Gasteiger partial charge is 0.484 e. The average molecular weight is 368 g/mol. The molecular formula is C21H24N2O4. The molecule has 0 bridgehead atoms. The first kappa shape index (κ1) is 18.9. The zero-order chi connectivity index (χ0) is 19.1. The van der Waals surface area contributed by atoms with E-state index in [0.717, 1.165) is 19.6 Å². The first-order valence-corrected chi connectivity index (χ1v) is 9.01. The molecule has 1 fully saturated rings. The van der Waals surface area contributed by atoms with E-state index >= 15 is 0 Å². The molecule has 0 radical (unpaired) electrons. The Bertz CT molecular complexity index is 754. The Morgan fingerprint density at radius 3 is 2.22 bits per heavy atom. The van der Waals surface area contributed by atoms with E-state index in [2.05, 4.69) is 21.8 Å². The van der Waals surface area contributed by atoms with Gasteiger partial charge in [-0.3, -0.25) is 9.69 Å². The van der Waals surface area contributed by atoms with Crippen molar-refractivity contribution in [3.05, 3.63) is 65.7 Å². The molecule has 1 aliphatic heterocycles. The molecule has 27 heavy (non-hydrogen) atoms. The fourth-order valence-corrected chi connectivity index (χ4v) is 3.04. The molecule has 0 spiro atoms. The maximum Gasteiger partial charge on any atom is 0.337 e. The molecule has 1 heterocycles. The van der Waals surface area contributed by atoms with Crippen LogP contribution in [0.5, 0.6) is 5.75 Å². The predicted octanol–water partition coefficient (Wildman–Crippen LogP) is 2.20. The minimum absolute atomic E-state index is 0.00371. The van der Waals surface area contributed by atoms with Crippen molar-refractivity contribution in [2.75, 3.05) is 39.9 Å². The summed E-state index contributed by atoms with van der Waals surface area (Å²) < 4.78 is 10.2. The summed E-state index contributed by atoms with van der Waals surface area (Å²) in [7, 11) is 1.34. The lowest BCUT2D eigenvalue weighted by atomic mass is 10.2. The molecule has 1 saturated heterocycles. The first-order valence-electron chi connectivity index (χ1n) is 9.01. The number of rotatable bonds is 6. The summed E-state index contributed by atoms with van der Waals surface area (Å²) in [5, 5.41) is 0. The van der Waals surface area contributed by atoms with E-state index in [-0.39, 0.29) is 12.5 Å². The van der Waals surface area contributed by atoms with E-state index in [1.807, 2.05) is 23.1 Å². The van der Waals surface area contributed by atoms with E-state index < -0.39 is 5.97 Å². The van der Waals surface area contributed by atoms with Crippen LogP contribution in [0.15, 0.2) is 54.6 Å². The van der Waals surface area contributed by atoms with Crippen molar-refractivity contribution < 1.29 is 19.1 Å². The van der Waals surface area contributed by atoms with Crippen LogP contribution in [0, 0.1) is 0 Å². The standard InChI is InChI=1S/C21H24N2O4/c1-26-21(25)18-7-9-19(10-8-18)27-16-20(24)23-13-11-22(12-14-23)15-17-5-3-2-4-6-17/h2-10H,11-16H2,1H3. The summed E-state index contributed by atoms with van der Waals surface area (Å²) in [4.78, 5) is 28.0. The van der Waals surface area contributed by atoms with Crippen LogP contribution >= 0.6 is 0 Å². The number of carbonyl (C=O) groups is 2. The molecule has 2 aromatic carbocycles. The Kier molecular flexibility index (Phi) is 6.44. The van der Waals surface area contributed by atoms with Crippen LogP contribution in [-0.2, 0) is 16.1 Å². The van der Waals surface area contributed by atoms with Crippen LogP contribution in [-0.4, -0.2) is 61.6 Å². The van der Waals surface area contributed by atoms with Crippen molar-refractivity contribution in [1.82, 2.24) is 9.80 Å². The number of esters is 1. The minimum Gasteiger partial charge on any atom is -0.484 e. The lowest BCUT2D eigenvalue weighted by Crippen LogP contribution is -2.49. The fraction of sp³-hybridized carbons (Fsp3) is 0.333. The molecule has 142 valence electrons. The smallest absolute Gasteiger partial charge is 0.337 e. The minimum atomic E-state index is -0.397. The Labute approximate surface area is 159 Å². The molecule has 6 heteroatoms. The highest BCUT2D eigenvalue weighted by Gasteiger charge is 2.21.